The molecule has 3 heterocycles. The molecular weight excluding hydrogens is 401 g/mol. The lowest BCUT2D eigenvalue weighted by Crippen LogP contribution is -2.34. The molecule has 2 N–H and O–H groups in total. The fourth-order valence-corrected chi connectivity index (χ4v) is 2.95. The van der Waals surface area contributed by atoms with E-state index in [0.29, 0.717) is 28.2 Å². The number of anilines is 1. The topological polar surface area (TPSA) is 88.8 Å². The van der Waals surface area contributed by atoms with Crippen molar-refractivity contribution in [2.45, 2.75) is 32.0 Å². The van der Waals surface area contributed by atoms with Crippen LogP contribution < -0.4 is 10.1 Å². The van der Waals surface area contributed by atoms with E-state index in [1.54, 1.807) is 41.9 Å². The first-order valence-electron chi connectivity index (χ1n) is 9.35. The van der Waals surface area contributed by atoms with E-state index in [2.05, 4.69) is 15.4 Å². The Kier molecular flexibility index (Phi) is 5.10. The summed E-state index contributed by atoms with van der Waals surface area (Å²) < 4.78 is 44.5. The molecule has 7 nitrogen and oxygen atoms in total. The predicted octanol–water partition coefficient (Wildman–Crippen LogP) is 3.36. The van der Waals surface area contributed by atoms with Crippen LogP contribution in [0.5, 0.6) is 5.75 Å². The van der Waals surface area contributed by atoms with Crippen molar-refractivity contribution < 1.29 is 27.8 Å². The van der Waals surface area contributed by atoms with Crippen molar-refractivity contribution in [3.8, 4) is 16.9 Å². The second kappa shape index (κ2) is 7.60. The summed E-state index contributed by atoms with van der Waals surface area (Å²) in [5.41, 5.74) is 2.54. The minimum absolute atomic E-state index is 0.0527. The fourth-order valence-electron chi connectivity index (χ4n) is 2.95. The number of aliphatic hydroxyl groups is 1. The number of pyridine rings is 2. The molecule has 1 atom stereocenters. The van der Waals surface area contributed by atoms with Crippen molar-refractivity contribution in [2.75, 3.05) is 11.9 Å². The molecule has 0 aromatic carbocycles. The minimum Gasteiger partial charge on any atom is -0.488 e. The van der Waals surface area contributed by atoms with Gasteiger partial charge in [-0.15, -0.1) is 0 Å². The van der Waals surface area contributed by atoms with Crippen LogP contribution in [0.15, 0.2) is 36.7 Å². The van der Waals surface area contributed by atoms with Gasteiger partial charge in [0.05, 0.1) is 11.7 Å². The highest BCUT2D eigenvalue weighted by atomic mass is 19.4. The Morgan fingerprint density at radius 2 is 2.13 bits per heavy atom. The van der Waals surface area contributed by atoms with E-state index in [0.717, 1.165) is 12.8 Å². The molecule has 0 radical (unpaired) electrons. The van der Waals surface area contributed by atoms with Gasteiger partial charge in [-0.2, -0.15) is 18.3 Å². The third-order valence-corrected chi connectivity index (χ3v) is 4.75. The molecule has 1 fully saturated rings. The van der Waals surface area contributed by atoms with E-state index in [1.165, 1.54) is 6.20 Å². The lowest BCUT2D eigenvalue weighted by molar-refractivity contribution is -0.210. The van der Waals surface area contributed by atoms with E-state index in [9.17, 15) is 23.1 Å². The highest BCUT2D eigenvalue weighted by Crippen LogP contribution is 2.33. The molecule has 0 unspecified atom stereocenters. The maximum Gasteiger partial charge on any atom is 0.417 e. The van der Waals surface area contributed by atoms with Crippen LogP contribution in [-0.4, -0.2) is 44.5 Å². The van der Waals surface area contributed by atoms with Crippen LogP contribution in [-0.2, 0) is 4.79 Å². The fraction of sp³-hybridized carbons (Fsp3) is 0.350. The summed E-state index contributed by atoms with van der Waals surface area (Å²) in [4.78, 5) is 16.0. The van der Waals surface area contributed by atoms with Crippen molar-refractivity contribution in [1.29, 1.82) is 0 Å². The van der Waals surface area contributed by atoms with Crippen molar-refractivity contribution in [3.05, 3.63) is 42.4 Å². The number of ether oxygens (including phenoxy) is 1. The number of rotatable bonds is 6. The molecule has 158 valence electrons. The minimum atomic E-state index is -4.77. The van der Waals surface area contributed by atoms with Gasteiger partial charge in [0.25, 0.3) is 0 Å². The third-order valence-electron chi connectivity index (χ3n) is 4.75. The third kappa shape index (κ3) is 4.38. The molecule has 1 aliphatic carbocycles. The maximum atomic E-state index is 12.6. The van der Waals surface area contributed by atoms with Gasteiger partial charge in [0, 0.05) is 29.4 Å². The van der Waals surface area contributed by atoms with Crippen LogP contribution in [0.1, 0.15) is 18.5 Å². The maximum absolute atomic E-state index is 12.6. The number of carbonyl (C=O) groups excluding carboxylic acids is 1. The second-order valence-electron chi connectivity index (χ2n) is 7.27. The number of alkyl halides is 3. The zero-order valence-corrected chi connectivity index (χ0v) is 16.0. The number of amides is 1. The molecule has 1 amide bonds. The van der Waals surface area contributed by atoms with Gasteiger partial charge in [-0.3, -0.25) is 9.78 Å². The number of carbonyl (C=O) groups is 1. The number of hydrogen-bond donors (Lipinski definition) is 2. The first-order valence-corrected chi connectivity index (χ1v) is 9.35. The lowest BCUT2D eigenvalue weighted by Gasteiger charge is -2.17. The Balaban J connectivity index is 1.60. The van der Waals surface area contributed by atoms with Crippen LogP contribution in [0.3, 0.4) is 0 Å². The van der Waals surface area contributed by atoms with E-state index in [4.69, 9.17) is 4.74 Å². The SMILES string of the molecule is Cc1cc(-c2ccn3nc(NC(=O)C4CC4)cc3c2)c(OC[C@@H](O)C(F)(F)F)cn1. The van der Waals surface area contributed by atoms with Crippen LogP contribution in [0.4, 0.5) is 19.0 Å². The molecule has 0 aliphatic heterocycles. The largest absolute Gasteiger partial charge is 0.488 e. The molecule has 1 aliphatic rings. The highest BCUT2D eigenvalue weighted by Gasteiger charge is 2.39. The summed E-state index contributed by atoms with van der Waals surface area (Å²) in [6.07, 6.45) is -2.58. The number of fused-ring (bicyclic) bond motifs is 1. The number of halogens is 3. The zero-order chi connectivity index (χ0) is 21.5. The van der Waals surface area contributed by atoms with Crippen molar-refractivity contribution in [2.24, 2.45) is 5.92 Å². The number of aryl methyl sites for hydroxylation is 1. The average Bonchev–Trinajstić information content (AvgIpc) is 3.46. The number of nitrogens with one attached hydrogen (secondary N) is 1. The highest BCUT2D eigenvalue weighted by molar-refractivity contribution is 5.93. The number of aromatic nitrogens is 3. The van der Waals surface area contributed by atoms with Crippen LogP contribution in [0, 0.1) is 12.8 Å². The average molecular weight is 420 g/mol. The molecule has 3 aromatic rings. The van der Waals surface area contributed by atoms with E-state index in [-0.39, 0.29) is 17.6 Å². The molecule has 1 saturated carbocycles. The monoisotopic (exact) mass is 420 g/mol. The number of aliphatic hydroxyl groups excluding tert-OH is 1. The quantitative estimate of drug-likeness (QED) is 0.639. The standard InChI is InChI=1S/C20H19F3N4O3/c1-11-6-15(16(9-24-11)30-10-17(28)20(21,22)23)13-4-5-27-14(7-13)8-18(26-27)25-19(29)12-2-3-12/h4-9,12,17,28H,2-3,10H2,1H3,(H,25,26,29)/t17-/m1/s1. The molecule has 10 heteroatoms. The van der Waals surface area contributed by atoms with Crippen molar-refractivity contribution in [1.82, 2.24) is 14.6 Å². The van der Waals surface area contributed by atoms with Gasteiger partial charge in [0.1, 0.15) is 12.4 Å². The van der Waals surface area contributed by atoms with Crippen molar-refractivity contribution >= 4 is 17.2 Å². The summed E-state index contributed by atoms with van der Waals surface area (Å²) in [6, 6.07) is 6.91. The Morgan fingerprint density at radius 1 is 1.37 bits per heavy atom. The van der Waals surface area contributed by atoms with Gasteiger partial charge in [-0.05, 0) is 43.5 Å². The van der Waals surface area contributed by atoms with Gasteiger partial charge < -0.3 is 15.2 Å². The van der Waals surface area contributed by atoms with Crippen LogP contribution in [0.25, 0.3) is 16.6 Å². The first kappa shape index (κ1) is 20.1. The molecule has 30 heavy (non-hydrogen) atoms. The number of hydrogen-bond acceptors (Lipinski definition) is 5. The van der Waals surface area contributed by atoms with Gasteiger partial charge in [-0.1, -0.05) is 0 Å². The number of nitrogens with zero attached hydrogens (tertiary/aromatic N) is 3. The molecule has 0 saturated heterocycles. The van der Waals surface area contributed by atoms with Gasteiger partial charge in [0.15, 0.2) is 11.9 Å². The summed E-state index contributed by atoms with van der Waals surface area (Å²) >= 11 is 0. The van der Waals surface area contributed by atoms with Gasteiger partial charge in [-0.25, -0.2) is 4.52 Å². The van der Waals surface area contributed by atoms with E-state index < -0.39 is 18.9 Å². The van der Waals surface area contributed by atoms with Gasteiger partial charge in [0.2, 0.25) is 5.91 Å². The molecule has 4 rings (SSSR count). The summed E-state index contributed by atoms with van der Waals surface area (Å²) in [5, 5.41) is 16.3. The lowest BCUT2D eigenvalue weighted by atomic mass is 10.1. The Labute approximate surface area is 169 Å². The normalized spacial score (nSPS) is 15.2. The Hall–Kier alpha value is -3.14. The molecule has 0 bridgehead atoms. The summed E-state index contributed by atoms with van der Waals surface area (Å²) in [6.45, 7) is 0.814. The smallest absolute Gasteiger partial charge is 0.417 e. The predicted molar refractivity (Wildman–Crippen MR) is 102 cm³/mol. The van der Waals surface area contributed by atoms with Crippen LogP contribution >= 0.6 is 0 Å². The summed E-state index contributed by atoms with van der Waals surface area (Å²) in [5.74, 6) is 0.550. The zero-order valence-electron chi connectivity index (χ0n) is 16.0. The Bertz CT molecular complexity index is 1090. The Morgan fingerprint density at radius 3 is 2.83 bits per heavy atom. The van der Waals surface area contributed by atoms with Gasteiger partial charge >= 0.3 is 6.18 Å². The van der Waals surface area contributed by atoms with E-state index in [1.807, 2.05) is 0 Å². The second-order valence-corrected chi connectivity index (χ2v) is 7.27. The van der Waals surface area contributed by atoms with E-state index >= 15 is 0 Å². The first-order chi connectivity index (χ1) is 14.2. The van der Waals surface area contributed by atoms with Crippen LogP contribution in [0.2, 0.25) is 0 Å². The summed E-state index contributed by atoms with van der Waals surface area (Å²) in [7, 11) is 0. The molecule has 0 spiro atoms. The molecular formula is C20H19F3N4O3. The molecule has 3 aromatic heterocycles. The van der Waals surface area contributed by atoms with Crippen molar-refractivity contribution in [3.63, 3.8) is 0 Å².